The summed E-state index contributed by atoms with van der Waals surface area (Å²) >= 11 is 0. The molecule has 37 heavy (non-hydrogen) atoms. The zero-order chi connectivity index (χ0) is 25.5. The minimum Gasteiger partial charge on any atom is -0.493 e. The van der Waals surface area contributed by atoms with Crippen molar-refractivity contribution in [2.75, 3.05) is 6.61 Å². The van der Waals surface area contributed by atoms with Crippen LogP contribution in [0.3, 0.4) is 0 Å². The Hall–Kier alpha value is -4.50. The van der Waals surface area contributed by atoms with Crippen LogP contribution in [0.1, 0.15) is 25.0 Å². The van der Waals surface area contributed by atoms with Crippen LogP contribution < -0.4 is 4.74 Å². The lowest BCUT2D eigenvalue weighted by Crippen LogP contribution is -2.04. The molecule has 0 radical (unpaired) electrons. The van der Waals surface area contributed by atoms with Gasteiger partial charge in [-0.05, 0) is 47.4 Å². The topological polar surface area (TPSA) is 35.0 Å². The number of aromatic nitrogens is 2. The van der Waals surface area contributed by atoms with E-state index in [1.54, 1.807) is 0 Å². The van der Waals surface area contributed by atoms with Gasteiger partial charge in [0, 0.05) is 16.7 Å². The average molecular weight is 483 g/mol. The van der Waals surface area contributed by atoms with Crippen molar-refractivity contribution in [3.63, 3.8) is 0 Å². The lowest BCUT2D eigenvalue weighted by Gasteiger charge is -2.11. The zero-order valence-corrected chi connectivity index (χ0v) is 21.2. The highest BCUT2D eigenvalue weighted by atomic mass is 16.5. The van der Waals surface area contributed by atoms with E-state index in [2.05, 4.69) is 80.6 Å². The summed E-state index contributed by atoms with van der Waals surface area (Å²) in [6.07, 6.45) is 4.25. The highest BCUT2D eigenvalue weighted by Gasteiger charge is 2.11. The third-order valence-electron chi connectivity index (χ3n) is 5.97. The summed E-state index contributed by atoms with van der Waals surface area (Å²) in [6, 6.07) is 39.2. The van der Waals surface area contributed by atoms with Crippen LogP contribution in [0.15, 0.2) is 115 Å². The maximum Gasteiger partial charge on any atom is 0.160 e. The molecular formula is C34H30N2O. The summed E-state index contributed by atoms with van der Waals surface area (Å²) in [4.78, 5) is 9.88. The Morgan fingerprint density at radius 3 is 1.70 bits per heavy atom. The Labute approximate surface area is 219 Å². The summed E-state index contributed by atoms with van der Waals surface area (Å²) in [6.45, 7) is 4.98. The minimum atomic E-state index is 0.480. The number of ether oxygens (including phenoxy) is 1. The third kappa shape index (κ3) is 6.39. The van der Waals surface area contributed by atoms with E-state index in [9.17, 15) is 0 Å². The van der Waals surface area contributed by atoms with E-state index < -0.39 is 0 Å². The van der Waals surface area contributed by atoms with Crippen LogP contribution in [-0.4, -0.2) is 16.6 Å². The first-order valence-electron chi connectivity index (χ1n) is 12.7. The second-order valence-electron chi connectivity index (χ2n) is 9.42. The van der Waals surface area contributed by atoms with Gasteiger partial charge in [-0.1, -0.05) is 111 Å². The van der Waals surface area contributed by atoms with Crippen molar-refractivity contribution in [3.8, 4) is 39.7 Å². The molecule has 5 aromatic rings. The maximum absolute atomic E-state index is 5.86. The number of hydrogen-bond acceptors (Lipinski definition) is 3. The molecule has 0 amide bonds. The van der Waals surface area contributed by atoms with Gasteiger partial charge in [-0.3, -0.25) is 0 Å². The average Bonchev–Trinajstić information content (AvgIpc) is 2.96. The second kappa shape index (κ2) is 11.5. The van der Waals surface area contributed by atoms with Crippen molar-refractivity contribution >= 4 is 12.2 Å². The van der Waals surface area contributed by atoms with Crippen molar-refractivity contribution in [1.29, 1.82) is 0 Å². The van der Waals surface area contributed by atoms with E-state index in [1.165, 1.54) is 5.56 Å². The van der Waals surface area contributed by atoms with Crippen LogP contribution >= 0.6 is 0 Å². The molecule has 3 nitrogen and oxygen atoms in total. The quantitative estimate of drug-likeness (QED) is 0.208. The number of nitrogens with zero attached hydrogens (tertiary/aromatic N) is 2. The predicted octanol–water partition coefficient (Wildman–Crippen LogP) is 8.68. The number of benzene rings is 4. The second-order valence-corrected chi connectivity index (χ2v) is 9.42. The lowest BCUT2D eigenvalue weighted by molar-refractivity contribution is 0.271. The molecule has 0 fully saturated rings. The fourth-order valence-electron chi connectivity index (χ4n) is 3.97. The molecule has 0 saturated heterocycles. The first-order valence-corrected chi connectivity index (χ1v) is 12.7. The van der Waals surface area contributed by atoms with E-state index in [0.29, 0.717) is 18.3 Å². The summed E-state index contributed by atoms with van der Waals surface area (Å²) < 4.78 is 5.86. The molecule has 0 spiro atoms. The third-order valence-corrected chi connectivity index (χ3v) is 5.97. The Bertz CT molecular complexity index is 1460. The van der Waals surface area contributed by atoms with Gasteiger partial charge in [-0.25, -0.2) is 9.97 Å². The standard InChI is InChI=1S/C34H30N2O/c1-25(2)24-37-31-21-19-30(20-22-31)34-35-32(28-11-7-4-8-12-28)23-33(36-34)29-17-15-27(16-18-29)14-13-26-9-5-3-6-10-26/h3-23,25H,24H2,1-2H3/b14-13+. The molecule has 0 aliphatic heterocycles. The summed E-state index contributed by atoms with van der Waals surface area (Å²) in [5.74, 6) is 2.03. The molecule has 1 heterocycles. The summed E-state index contributed by atoms with van der Waals surface area (Å²) in [5, 5.41) is 0. The van der Waals surface area contributed by atoms with Crippen LogP contribution in [0.25, 0.3) is 46.1 Å². The van der Waals surface area contributed by atoms with Crippen molar-refractivity contribution < 1.29 is 4.74 Å². The zero-order valence-electron chi connectivity index (χ0n) is 21.2. The van der Waals surface area contributed by atoms with Gasteiger partial charge in [-0.2, -0.15) is 0 Å². The minimum absolute atomic E-state index is 0.480. The lowest BCUT2D eigenvalue weighted by atomic mass is 10.0. The monoisotopic (exact) mass is 482 g/mol. The SMILES string of the molecule is CC(C)COc1ccc(-c2nc(-c3ccccc3)cc(-c3ccc(/C=C/c4ccccc4)cc3)n2)cc1. The fraction of sp³-hybridized carbons (Fsp3) is 0.118. The highest BCUT2D eigenvalue weighted by molar-refractivity contribution is 5.74. The molecule has 0 saturated carbocycles. The molecule has 0 aliphatic rings. The Morgan fingerprint density at radius 2 is 1.11 bits per heavy atom. The van der Waals surface area contributed by atoms with Gasteiger partial charge in [0.05, 0.1) is 18.0 Å². The highest BCUT2D eigenvalue weighted by Crippen LogP contribution is 2.28. The molecule has 1 aromatic heterocycles. The van der Waals surface area contributed by atoms with Gasteiger partial charge in [0.1, 0.15) is 5.75 Å². The summed E-state index contributed by atoms with van der Waals surface area (Å²) in [5.41, 5.74) is 7.18. The molecule has 0 unspecified atom stereocenters. The van der Waals surface area contributed by atoms with Crippen molar-refractivity contribution in [3.05, 3.63) is 126 Å². The van der Waals surface area contributed by atoms with Crippen LogP contribution in [-0.2, 0) is 0 Å². The number of rotatable bonds is 8. The van der Waals surface area contributed by atoms with Gasteiger partial charge in [0.25, 0.3) is 0 Å². The fourth-order valence-corrected chi connectivity index (χ4v) is 3.97. The number of hydrogen-bond donors (Lipinski definition) is 0. The molecule has 0 atom stereocenters. The molecule has 182 valence electrons. The van der Waals surface area contributed by atoms with Gasteiger partial charge >= 0.3 is 0 Å². The van der Waals surface area contributed by atoms with Crippen LogP contribution in [0, 0.1) is 5.92 Å². The van der Waals surface area contributed by atoms with Crippen LogP contribution in [0.2, 0.25) is 0 Å². The van der Waals surface area contributed by atoms with E-state index >= 15 is 0 Å². The van der Waals surface area contributed by atoms with Gasteiger partial charge < -0.3 is 4.74 Å². The Kier molecular flexibility index (Phi) is 7.52. The summed E-state index contributed by atoms with van der Waals surface area (Å²) in [7, 11) is 0. The van der Waals surface area contributed by atoms with E-state index in [1.807, 2.05) is 60.7 Å². The Morgan fingerprint density at radius 1 is 0.595 bits per heavy atom. The van der Waals surface area contributed by atoms with E-state index in [4.69, 9.17) is 14.7 Å². The smallest absolute Gasteiger partial charge is 0.160 e. The van der Waals surface area contributed by atoms with E-state index in [-0.39, 0.29) is 0 Å². The molecular weight excluding hydrogens is 452 g/mol. The molecule has 0 aliphatic carbocycles. The normalized spacial score (nSPS) is 11.2. The molecule has 3 heteroatoms. The first-order chi connectivity index (χ1) is 18.1. The van der Waals surface area contributed by atoms with Gasteiger partial charge in [-0.15, -0.1) is 0 Å². The predicted molar refractivity (Wildman–Crippen MR) is 154 cm³/mol. The molecule has 4 aromatic carbocycles. The maximum atomic E-state index is 5.86. The van der Waals surface area contributed by atoms with Crippen LogP contribution in [0.4, 0.5) is 0 Å². The Balaban J connectivity index is 1.47. The first kappa shape index (κ1) is 24.2. The van der Waals surface area contributed by atoms with Crippen molar-refractivity contribution in [2.45, 2.75) is 13.8 Å². The molecule has 5 rings (SSSR count). The van der Waals surface area contributed by atoms with Crippen molar-refractivity contribution in [2.24, 2.45) is 5.92 Å². The van der Waals surface area contributed by atoms with Gasteiger partial charge in [0.15, 0.2) is 5.82 Å². The van der Waals surface area contributed by atoms with Crippen molar-refractivity contribution in [1.82, 2.24) is 9.97 Å². The largest absolute Gasteiger partial charge is 0.493 e. The van der Waals surface area contributed by atoms with Gasteiger partial charge in [0.2, 0.25) is 0 Å². The van der Waals surface area contributed by atoms with Crippen LogP contribution in [0.5, 0.6) is 5.75 Å². The molecule has 0 N–H and O–H groups in total. The van der Waals surface area contributed by atoms with E-state index in [0.717, 1.165) is 39.4 Å². The molecule has 0 bridgehead atoms.